The van der Waals surface area contributed by atoms with Crippen molar-refractivity contribution in [1.29, 1.82) is 0 Å². The van der Waals surface area contributed by atoms with Crippen LogP contribution in [0.3, 0.4) is 0 Å². The molecule has 0 bridgehead atoms. The summed E-state index contributed by atoms with van der Waals surface area (Å²) < 4.78 is 22.2. The Bertz CT molecular complexity index is 928. The number of nitrogens with zero attached hydrogens (tertiary/aromatic N) is 4. The van der Waals surface area contributed by atoms with Crippen LogP contribution in [0, 0.1) is 0 Å². The van der Waals surface area contributed by atoms with Gasteiger partial charge in [-0.3, -0.25) is 33.9 Å². The van der Waals surface area contributed by atoms with E-state index in [4.69, 9.17) is 18.9 Å². The fourth-order valence-corrected chi connectivity index (χ4v) is 4.19. The van der Waals surface area contributed by atoms with Crippen LogP contribution < -0.4 is 0 Å². The van der Waals surface area contributed by atoms with Gasteiger partial charge in [-0.05, 0) is 76.5 Å². The molecule has 0 spiro atoms. The van der Waals surface area contributed by atoms with E-state index in [2.05, 4.69) is 0 Å². The second-order valence-electron chi connectivity index (χ2n) is 11.3. The summed E-state index contributed by atoms with van der Waals surface area (Å²) in [5.41, 5.74) is 0. The van der Waals surface area contributed by atoms with Crippen molar-refractivity contribution < 1.29 is 42.9 Å². The minimum Gasteiger partial charge on any atom is -0.460 e. The zero-order valence-electron chi connectivity index (χ0n) is 26.7. The Labute approximate surface area is 244 Å². The number of carbonyl (C=O) groups excluding carboxylic acids is 5. The van der Waals surface area contributed by atoms with Crippen molar-refractivity contribution in [1.82, 2.24) is 19.6 Å². The molecule has 1 amide bonds. The van der Waals surface area contributed by atoms with E-state index in [1.165, 1.54) is 25.8 Å². The van der Waals surface area contributed by atoms with Crippen LogP contribution in [0.25, 0.3) is 0 Å². The van der Waals surface area contributed by atoms with Gasteiger partial charge in [0.05, 0.1) is 0 Å². The Kier molecular flexibility index (Phi) is 14.2. The molecular weight excluding hydrogens is 536 g/mol. The van der Waals surface area contributed by atoms with E-state index in [9.17, 15) is 24.0 Å². The number of ether oxygens (including phenoxy) is 4. The third-order valence-electron chi connectivity index (χ3n) is 7.50. The zero-order chi connectivity index (χ0) is 31.8. The molecule has 13 nitrogen and oxygen atoms in total. The van der Waals surface area contributed by atoms with E-state index in [0.29, 0.717) is 6.54 Å². The maximum Gasteiger partial charge on any atom is 0.328 e. The van der Waals surface area contributed by atoms with E-state index in [1.807, 2.05) is 0 Å². The molecule has 1 fully saturated rings. The average Bonchev–Trinajstić information content (AvgIpc) is 2.88. The van der Waals surface area contributed by atoms with E-state index in [0.717, 1.165) is 0 Å². The van der Waals surface area contributed by atoms with Crippen molar-refractivity contribution in [3.05, 3.63) is 0 Å². The standard InChI is InChI=1S/C28H50N4O9/c1-16-13-29(9)19(4)25(34)39-17(2)14-31(11)21(6)27(36)41-23(8)24(33)32(12)22(7)28(37)40-18(3)15-30(10)20(5)26(35)38-16/h16-23H,13-15H2,1-12H3. The first-order valence-corrected chi connectivity index (χ1v) is 14.1. The Balaban J connectivity index is 3.15. The van der Waals surface area contributed by atoms with E-state index < -0.39 is 78.4 Å². The number of amides is 1. The highest BCUT2D eigenvalue weighted by molar-refractivity contribution is 5.88. The fourth-order valence-electron chi connectivity index (χ4n) is 4.19. The van der Waals surface area contributed by atoms with Crippen molar-refractivity contribution in [2.45, 2.75) is 104 Å². The summed E-state index contributed by atoms with van der Waals surface area (Å²) in [6.07, 6.45) is -2.79. The molecule has 8 unspecified atom stereocenters. The number of cyclic esters (lactones) is 4. The van der Waals surface area contributed by atoms with Gasteiger partial charge in [-0.2, -0.15) is 0 Å². The smallest absolute Gasteiger partial charge is 0.328 e. The van der Waals surface area contributed by atoms with Gasteiger partial charge in [0.15, 0.2) is 6.10 Å². The predicted octanol–water partition coefficient (Wildman–Crippen LogP) is 0.535. The number of carbonyl (C=O) groups is 5. The summed E-state index contributed by atoms with van der Waals surface area (Å²) in [5.74, 6) is -2.74. The molecule has 0 N–H and O–H groups in total. The van der Waals surface area contributed by atoms with E-state index >= 15 is 0 Å². The lowest BCUT2D eigenvalue weighted by atomic mass is 10.2. The topological polar surface area (TPSA) is 135 Å². The summed E-state index contributed by atoms with van der Waals surface area (Å²) in [4.78, 5) is 70.3. The monoisotopic (exact) mass is 586 g/mol. The maximum absolute atomic E-state index is 12.9. The van der Waals surface area contributed by atoms with Gasteiger partial charge < -0.3 is 23.8 Å². The van der Waals surface area contributed by atoms with Gasteiger partial charge in [-0.15, -0.1) is 0 Å². The molecule has 1 aliphatic heterocycles. The van der Waals surface area contributed by atoms with Gasteiger partial charge in [0, 0.05) is 26.7 Å². The molecule has 0 aromatic carbocycles. The van der Waals surface area contributed by atoms with Gasteiger partial charge in [0.25, 0.3) is 5.91 Å². The van der Waals surface area contributed by atoms with Gasteiger partial charge in [0.2, 0.25) is 0 Å². The summed E-state index contributed by atoms with van der Waals surface area (Å²) in [6.45, 7) is 13.9. The van der Waals surface area contributed by atoms with Crippen molar-refractivity contribution in [2.24, 2.45) is 0 Å². The molecule has 8 atom stereocenters. The Morgan fingerprint density at radius 2 is 0.732 bits per heavy atom. The van der Waals surface area contributed by atoms with E-state index in [-0.39, 0.29) is 13.1 Å². The van der Waals surface area contributed by atoms with Crippen LogP contribution in [0.4, 0.5) is 0 Å². The van der Waals surface area contributed by atoms with Crippen LogP contribution in [0.1, 0.15) is 55.4 Å². The lowest BCUT2D eigenvalue weighted by Crippen LogP contribution is -2.49. The van der Waals surface area contributed by atoms with Gasteiger partial charge in [-0.25, -0.2) is 4.79 Å². The third kappa shape index (κ3) is 10.9. The first-order valence-electron chi connectivity index (χ1n) is 14.1. The van der Waals surface area contributed by atoms with Crippen LogP contribution in [0.15, 0.2) is 0 Å². The third-order valence-corrected chi connectivity index (χ3v) is 7.50. The van der Waals surface area contributed by atoms with Gasteiger partial charge in [-0.1, -0.05) is 0 Å². The summed E-state index contributed by atoms with van der Waals surface area (Å²) in [6, 6.07) is -2.92. The molecule has 0 aromatic heterocycles. The highest BCUT2D eigenvalue weighted by Gasteiger charge is 2.33. The van der Waals surface area contributed by atoms with Gasteiger partial charge >= 0.3 is 23.9 Å². The first kappa shape index (κ1) is 36.3. The highest BCUT2D eigenvalue weighted by atomic mass is 16.6. The molecule has 41 heavy (non-hydrogen) atoms. The fraction of sp³-hybridized carbons (Fsp3) is 0.821. The van der Waals surface area contributed by atoms with Gasteiger partial charge in [0.1, 0.15) is 42.5 Å². The number of hydrogen-bond acceptors (Lipinski definition) is 12. The van der Waals surface area contributed by atoms with Crippen molar-refractivity contribution in [3.63, 3.8) is 0 Å². The SMILES string of the molecule is CC1CN(C)C(C)C(=O)OC(C)C(=O)N(C)C(C)C(=O)OC(C)CN(C)C(C)C(=O)OC(C)CN(C)C(C)C(=O)O1. The maximum atomic E-state index is 12.9. The molecule has 1 heterocycles. The van der Waals surface area contributed by atoms with Crippen molar-refractivity contribution in [2.75, 3.05) is 47.8 Å². The molecule has 1 rings (SSSR count). The molecule has 236 valence electrons. The minimum absolute atomic E-state index is 0.237. The molecule has 0 aromatic rings. The Hall–Kier alpha value is -2.77. The average molecular weight is 587 g/mol. The Morgan fingerprint density at radius 1 is 0.463 bits per heavy atom. The zero-order valence-corrected chi connectivity index (χ0v) is 26.7. The molecule has 0 radical (unpaired) electrons. The van der Waals surface area contributed by atoms with Crippen molar-refractivity contribution in [3.8, 4) is 0 Å². The second-order valence-corrected chi connectivity index (χ2v) is 11.3. The molecule has 0 saturated carbocycles. The largest absolute Gasteiger partial charge is 0.460 e. The molecule has 0 aliphatic carbocycles. The number of rotatable bonds is 0. The lowest BCUT2D eigenvalue weighted by molar-refractivity contribution is -0.167. The second kappa shape index (κ2) is 16.0. The van der Waals surface area contributed by atoms with Crippen LogP contribution in [0.5, 0.6) is 0 Å². The highest BCUT2D eigenvalue weighted by Crippen LogP contribution is 2.12. The van der Waals surface area contributed by atoms with E-state index in [1.54, 1.807) is 77.4 Å². The summed E-state index contributed by atoms with van der Waals surface area (Å²) in [7, 11) is 6.57. The van der Waals surface area contributed by atoms with Crippen LogP contribution >= 0.6 is 0 Å². The molecule has 1 aliphatic rings. The van der Waals surface area contributed by atoms with Crippen LogP contribution in [0.2, 0.25) is 0 Å². The quantitative estimate of drug-likeness (QED) is 0.289. The number of esters is 4. The Morgan fingerprint density at radius 3 is 1.05 bits per heavy atom. The number of likely N-dealkylation sites (N-methyl/N-ethyl adjacent to an activating group) is 4. The van der Waals surface area contributed by atoms with Crippen LogP contribution in [-0.4, -0.2) is 146 Å². The summed E-state index contributed by atoms with van der Waals surface area (Å²) >= 11 is 0. The molecule has 13 heteroatoms. The summed E-state index contributed by atoms with van der Waals surface area (Å²) in [5, 5.41) is 0. The first-order chi connectivity index (χ1) is 18.9. The number of hydrogen-bond donors (Lipinski definition) is 0. The minimum atomic E-state index is -1.14. The normalized spacial score (nSPS) is 34.7. The molecular formula is C28H50N4O9. The van der Waals surface area contributed by atoms with Crippen molar-refractivity contribution >= 4 is 29.8 Å². The van der Waals surface area contributed by atoms with Crippen LogP contribution in [-0.2, 0) is 42.9 Å². The lowest BCUT2D eigenvalue weighted by Gasteiger charge is -2.32. The molecule has 1 saturated heterocycles. The predicted molar refractivity (Wildman–Crippen MR) is 151 cm³/mol.